The summed E-state index contributed by atoms with van der Waals surface area (Å²) in [5.41, 5.74) is 1.69. The van der Waals surface area contributed by atoms with Crippen LogP contribution in [-0.2, 0) is 16.8 Å². The number of anilines is 1. The van der Waals surface area contributed by atoms with Crippen molar-refractivity contribution in [3.63, 3.8) is 0 Å². The Morgan fingerprint density at radius 1 is 1.13 bits per heavy atom. The van der Waals surface area contributed by atoms with Gasteiger partial charge in [-0.1, -0.05) is 19.1 Å². The summed E-state index contributed by atoms with van der Waals surface area (Å²) in [6, 6.07) is 12.4. The minimum Gasteiger partial charge on any atom is -0.496 e. The lowest BCUT2D eigenvalue weighted by atomic mass is 10.0. The van der Waals surface area contributed by atoms with Gasteiger partial charge >= 0.3 is 5.63 Å². The summed E-state index contributed by atoms with van der Waals surface area (Å²) < 4.78 is 10.8. The van der Waals surface area contributed by atoms with Gasteiger partial charge in [0.2, 0.25) is 5.91 Å². The van der Waals surface area contributed by atoms with Crippen molar-refractivity contribution < 1.29 is 18.7 Å². The first kappa shape index (κ1) is 20.7. The Morgan fingerprint density at radius 3 is 2.42 bits per heavy atom. The predicted octanol–water partition coefficient (Wildman–Crippen LogP) is 3.74. The molecule has 0 unspecified atom stereocenters. The second-order valence-electron chi connectivity index (χ2n) is 7.76. The fraction of sp³-hybridized carbons (Fsp3) is 0.292. The quantitative estimate of drug-likeness (QED) is 0.592. The van der Waals surface area contributed by atoms with Crippen molar-refractivity contribution in [2.45, 2.75) is 38.6 Å². The molecule has 4 rings (SSSR count). The summed E-state index contributed by atoms with van der Waals surface area (Å²) >= 11 is 0. The lowest BCUT2D eigenvalue weighted by molar-refractivity contribution is -0.120. The first-order chi connectivity index (χ1) is 14.9. The van der Waals surface area contributed by atoms with E-state index in [1.54, 1.807) is 37.4 Å². The molecular weight excluding hydrogens is 396 g/mol. The van der Waals surface area contributed by atoms with Gasteiger partial charge in [-0.2, -0.15) is 0 Å². The van der Waals surface area contributed by atoms with Crippen LogP contribution in [0, 0.1) is 0 Å². The molecule has 1 aliphatic carbocycles. The molecule has 0 aliphatic heterocycles. The fourth-order valence-corrected chi connectivity index (χ4v) is 3.93. The van der Waals surface area contributed by atoms with Crippen molar-refractivity contribution in [2.24, 2.45) is 0 Å². The van der Waals surface area contributed by atoms with Crippen LogP contribution in [0.4, 0.5) is 5.69 Å². The Kier molecular flexibility index (Phi) is 5.27. The number of ether oxygens (including phenoxy) is 1. The van der Waals surface area contributed by atoms with E-state index in [0.29, 0.717) is 28.8 Å². The predicted molar refractivity (Wildman–Crippen MR) is 118 cm³/mol. The molecule has 3 aromatic rings. The van der Waals surface area contributed by atoms with E-state index in [9.17, 15) is 14.4 Å². The van der Waals surface area contributed by atoms with Crippen LogP contribution in [0.25, 0.3) is 11.0 Å². The Labute approximate surface area is 179 Å². The van der Waals surface area contributed by atoms with Gasteiger partial charge < -0.3 is 19.8 Å². The van der Waals surface area contributed by atoms with E-state index in [1.165, 1.54) is 6.92 Å². The van der Waals surface area contributed by atoms with Crippen molar-refractivity contribution in [3.8, 4) is 5.75 Å². The maximum atomic E-state index is 12.7. The van der Waals surface area contributed by atoms with Crippen molar-refractivity contribution in [3.05, 3.63) is 69.6 Å². The molecule has 0 spiro atoms. The van der Waals surface area contributed by atoms with Gasteiger partial charge in [-0.05, 0) is 55.2 Å². The van der Waals surface area contributed by atoms with Gasteiger partial charge in [-0.3, -0.25) is 9.59 Å². The highest BCUT2D eigenvalue weighted by Gasteiger charge is 2.44. The van der Waals surface area contributed by atoms with E-state index in [1.807, 2.05) is 19.1 Å². The molecule has 1 fully saturated rings. The molecule has 1 saturated carbocycles. The van der Waals surface area contributed by atoms with E-state index < -0.39 is 11.5 Å². The number of rotatable bonds is 6. The number of hydrogen-bond acceptors (Lipinski definition) is 5. The van der Waals surface area contributed by atoms with E-state index in [0.717, 1.165) is 24.0 Å². The van der Waals surface area contributed by atoms with E-state index >= 15 is 0 Å². The molecule has 0 atom stereocenters. The van der Waals surface area contributed by atoms with Gasteiger partial charge in [0, 0.05) is 23.6 Å². The van der Waals surface area contributed by atoms with Gasteiger partial charge in [-0.25, -0.2) is 4.79 Å². The Balaban J connectivity index is 1.58. The topological polar surface area (TPSA) is 97.6 Å². The third-order valence-electron chi connectivity index (χ3n) is 5.64. The minimum atomic E-state index is -0.702. The number of benzene rings is 2. The number of hydrogen-bond donors (Lipinski definition) is 2. The lowest BCUT2D eigenvalue weighted by Crippen LogP contribution is -2.32. The molecule has 0 radical (unpaired) electrons. The zero-order chi connectivity index (χ0) is 22.2. The third-order valence-corrected chi connectivity index (χ3v) is 5.64. The van der Waals surface area contributed by atoms with Crippen LogP contribution >= 0.6 is 0 Å². The van der Waals surface area contributed by atoms with E-state index in [4.69, 9.17) is 9.15 Å². The van der Waals surface area contributed by atoms with Gasteiger partial charge in [0.15, 0.2) is 0 Å². The highest BCUT2D eigenvalue weighted by Crippen LogP contribution is 2.45. The summed E-state index contributed by atoms with van der Waals surface area (Å²) in [5, 5.41) is 6.39. The molecule has 1 aliphatic rings. The highest BCUT2D eigenvalue weighted by molar-refractivity contribution is 6.05. The fourth-order valence-electron chi connectivity index (χ4n) is 3.93. The molecule has 1 heterocycles. The number of aryl methyl sites for hydroxylation is 1. The van der Waals surface area contributed by atoms with Crippen molar-refractivity contribution in [2.75, 3.05) is 12.4 Å². The molecule has 7 nitrogen and oxygen atoms in total. The van der Waals surface area contributed by atoms with Gasteiger partial charge in [0.05, 0.1) is 12.6 Å². The second-order valence-corrected chi connectivity index (χ2v) is 7.76. The molecule has 2 aromatic carbocycles. The van der Waals surface area contributed by atoms with E-state index in [2.05, 4.69) is 10.6 Å². The van der Waals surface area contributed by atoms with E-state index in [-0.39, 0.29) is 17.0 Å². The monoisotopic (exact) mass is 420 g/mol. The molecule has 2 N–H and O–H groups in total. The van der Waals surface area contributed by atoms with Crippen LogP contribution in [-0.4, -0.2) is 18.9 Å². The summed E-state index contributed by atoms with van der Waals surface area (Å²) in [6.45, 7) is 3.45. The molecular formula is C24H24N2O5. The van der Waals surface area contributed by atoms with Crippen LogP contribution in [0.3, 0.4) is 0 Å². The summed E-state index contributed by atoms with van der Waals surface area (Å²) in [4.78, 5) is 36.7. The van der Waals surface area contributed by atoms with Crippen molar-refractivity contribution >= 4 is 28.5 Å². The first-order valence-electron chi connectivity index (χ1n) is 10.2. The van der Waals surface area contributed by atoms with Crippen LogP contribution in [0.15, 0.2) is 51.7 Å². The standard InChI is InChI=1S/C24H24N2O5/c1-4-18-20(30-3)10-5-15-13-19(23(29)31-21(15)18)22(28)25-17-8-6-16(7-9-17)24(11-12-24)26-14(2)27/h5-10,13H,4,11-12H2,1-3H3,(H,25,28)(H,26,27). The van der Waals surface area contributed by atoms with Crippen molar-refractivity contribution in [1.82, 2.24) is 5.32 Å². The highest BCUT2D eigenvalue weighted by atomic mass is 16.5. The van der Waals surface area contributed by atoms with Gasteiger partial charge in [0.1, 0.15) is 16.9 Å². The lowest BCUT2D eigenvalue weighted by Gasteiger charge is -2.17. The van der Waals surface area contributed by atoms with Crippen LogP contribution < -0.4 is 21.0 Å². The minimum absolute atomic E-state index is 0.0678. The van der Waals surface area contributed by atoms with Crippen molar-refractivity contribution in [1.29, 1.82) is 0 Å². The number of fused-ring (bicyclic) bond motifs is 1. The molecule has 7 heteroatoms. The average molecular weight is 420 g/mol. The number of carbonyl (C=O) groups excluding carboxylic acids is 2. The molecule has 160 valence electrons. The molecule has 0 saturated heterocycles. The Bertz CT molecular complexity index is 1220. The zero-order valence-electron chi connectivity index (χ0n) is 17.7. The molecule has 0 bridgehead atoms. The zero-order valence-corrected chi connectivity index (χ0v) is 17.7. The molecule has 2 amide bonds. The smallest absolute Gasteiger partial charge is 0.349 e. The second kappa shape index (κ2) is 7.91. The number of carbonyl (C=O) groups is 2. The number of amides is 2. The Hall–Kier alpha value is -3.61. The summed E-state index contributed by atoms with van der Waals surface area (Å²) in [6.07, 6.45) is 2.41. The SMILES string of the molecule is CCc1c(OC)ccc2cc(C(=O)Nc3ccc(C4(NC(C)=O)CC4)cc3)c(=O)oc12. The average Bonchev–Trinajstić information content (AvgIpc) is 3.52. The van der Waals surface area contributed by atoms with Crippen LogP contribution in [0.1, 0.15) is 48.2 Å². The summed E-state index contributed by atoms with van der Waals surface area (Å²) in [5.74, 6) is 0.0326. The van der Waals surface area contributed by atoms with Gasteiger partial charge in [0.25, 0.3) is 5.91 Å². The number of methoxy groups -OCH3 is 1. The van der Waals surface area contributed by atoms with Crippen LogP contribution in [0.5, 0.6) is 5.75 Å². The largest absolute Gasteiger partial charge is 0.496 e. The third kappa shape index (κ3) is 3.91. The molecule has 1 aromatic heterocycles. The Morgan fingerprint density at radius 2 is 1.84 bits per heavy atom. The summed E-state index contributed by atoms with van der Waals surface area (Å²) in [7, 11) is 1.56. The number of nitrogens with one attached hydrogen (secondary N) is 2. The normalized spacial score (nSPS) is 14.2. The first-order valence-corrected chi connectivity index (χ1v) is 10.2. The van der Waals surface area contributed by atoms with Gasteiger partial charge in [-0.15, -0.1) is 0 Å². The molecule has 31 heavy (non-hydrogen) atoms. The maximum absolute atomic E-state index is 12.7. The maximum Gasteiger partial charge on any atom is 0.349 e. The van der Waals surface area contributed by atoms with Crippen LogP contribution in [0.2, 0.25) is 0 Å².